The number of amides is 7. The number of phenolic OH excluding ortho intramolecular Hbond substituents is 2. The minimum atomic E-state index is -1.46. The Morgan fingerprint density at radius 1 is 0.866 bits per heavy atom. The summed E-state index contributed by atoms with van der Waals surface area (Å²) < 4.78 is 0. The number of primary amides is 1. The van der Waals surface area contributed by atoms with Gasteiger partial charge in [0.25, 0.3) is 5.91 Å². The minimum absolute atomic E-state index is 0.0131. The molecule has 2 aliphatic heterocycles. The van der Waals surface area contributed by atoms with Crippen molar-refractivity contribution in [3.63, 3.8) is 0 Å². The molecule has 17 nitrogen and oxygen atoms in total. The van der Waals surface area contributed by atoms with Gasteiger partial charge in [-0.25, -0.2) is 0 Å². The standard InChI is InChI=1S/C49H55ClN8O9/c1-25-44(62)56-38(46(64)54-26(2)48(66)58-24-32-23-34(32)42(58)43(52)61)21-27-7-17-39(59)35(20-27)36-22-31(14-18-40(36)60)41(47(65)53-25)57(3)49(67)37(6-4-5-19-51)55-45(63)30-10-8-28(9-11-30)29-12-15-33(50)16-13-29/h7-18,20,22,25-26,32,34,37-38,41-42,59-60H,4-6,19,21,23-24,51H2,1-3H3,(H2,52,61)(H,53,65)(H,54,64)(H,55,63)(H,56,62)/t25-,26-,32+,34+,37-,38-,41-,42-/m0/s1. The molecule has 0 spiro atoms. The molecule has 1 saturated carbocycles. The molecular weight excluding hydrogens is 880 g/mol. The van der Waals surface area contributed by atoms with E-state index >= 15 is 0 Å². The maximum Gasteiger partial charge on any atom is 0.251 e. The number of halogens is 1. The number of likely N-dealkylation sites (N-methyl/N-ethyl adjacent to an activating group) is 1. The number of unbranched alkanes of at least 4 members (excludes halogenated alkanes) is 1. The Morgan fingerprint density at radius 2 is 1.51 bits per heavy atom. The highest BCUT2D eigenvalue weighted by Gasteiger charge is 2.56. The van der Waals surface area contributed by atoms with Crippen LogP contribution < -0.4 is 32.7 Å². The van der Waals surface area contributed by atoms with E-state index < -0.39 is 77.6 Å². The number of carbonyl (C=O) groups excluding carboxylic acids is 7. The van der Waals surface area contributed by atoms with Crippen LogP contribution in [0.25, 0.3) is 22.3 Å². The van der Waals surface area contributed by atoms with Crippen molar-refractivity contribution in [2.75, 3.05) is 20.1 Å². The van der Waals surface area contributed by atoms with Crippen LogP contribution in [0.2, 0.25) is 5.02 Å². The minimum Gasteiger partial charge on any atom is -0.507 e. The third-order valence-electron chi connectivity index (χ3n) is 12.8. The highest BCUT2D eigenvalue weighted by atomic mass is 35.5. The average Bonchev–Trinajstić information content (AvgIpc) is 3.96. The van der Waals surface area contributed by atoms with Crippen molar-refractivity contribution in [1.82, 2.24) is 31.1 Å². The number of nitrogens with one attached hydrogen (secondary N) is 4. The number of phenols is 2. The van der Waals surface area contributed by atoms with Crippen LogP contribution in [0.4, 0.5) is 0 Å². The molecule has 0 aromatic heterocycles. The van der Waals surface area contributed by atoms with Gasteiger partial charge in [-0.3, -0.25) is 33.6 Å². The number of nitrogens with zero attached hydrogens (tertiary/aromatic N) is 2. The van der Waals surface area contributed by atoms with E-state index in [0.717, 1.165) is 22.4 Å². The largest absolute Gasteiger partial charge is 0.507 e. The van der Waals surface area contributed by atoms with Gasteiger partial charge in [-0.05, 0) is 129 Å². The number of fused-ring (bicyclic) bond motifs is 6. The molecular formula is C49H55ClN8O9. The molecule has 67 heavy (non-hydrogen) atoms. The van der Waals surface area contributed by atoms with E-state index in [-0.39, 0.29) is 58.4 Å². The molecule has 2 fully saturated rings. The van der Waals surface area contributed by atoms with Crippen molar-refractivity contribution < 1.29 is 43.8 Å². The third kappa shape index (κ3) is 10.7. The van der Waals surface area contributed by atoms with Crippen LogP contribution >= 0.6 is 11.6 Å². The van der Waals surface area contributed by atoms with Crippen LogP contribution in [0.15, 0.2) is 84.9 Å². The number of rotatable bonds is 13. The van der Waals surface area contributed by atoms with Gasteiger partial charge in [-0.15, -0.1) is 0 Å². The molecule has 1 aliphatic carbocycles. The van der Waals surface area contributed by atoms with Crippen molar-refractivity contribution >= 4 is 53.0 Å². The summed E-state index contributed by atoms with van der Waals surface area (Å²) in [5.41, 5.74) is 14.3. The van der Waals surface area contributed by atoms with E-state index in [1.54, 1.807) is 36.4 Å². The van der Waals surface area contributed by atoms with E-state index in [2.05, 4.69) is 21.3 Å². The van der Waals surface area contributed by atoms with Crippen molar-refractivity contribution in [3.05, 3.63) is 107 Å². The van der Waals surface area contributed by atoms with E-state index in [1.165, 1.54) is 62.2 Å². The second-order valence-electron chi connectivity index (χ2n) is 17.6. The first kappa shape index (κ1) is 48.0. The van der Waals surface area contributed by atoms with Gasteiger partial charge in [0.2, 0.25) is 35.4 Å². The van der Waals surface area contributed by atoms with Gasteiger partial charge in [0.15, 0.2) is 0 Å². The van der Waals surface area contributed by atoms with Crippen LogP contribution in [0.5, 0.6) is 11.5 Å². The molecule has 7 rings (SSSR count). The molecule has 2 heterocycles. The van der Waals surface area contributed by atoms with Crippen LogP contribution in [0.1, 0.15) is 67.1 Å². The Hall–Kier alpha value is -6.98. The molecule has 1 saturated heterocycles. The lowest BCUT2D eigenvalue weighted by Gasteiger charge is -2.32. The SMILES string of the molecule is C[C@@H]1NC(=O)[C@@H](N(C)C(=O)[C@H](CCCCN)NC(=O)c2ccc(-c3ccc(Cl)cc3)cc2)c2ccc(O)c(c2)-c2cc(ccc2O)C[C@@H](C(=O)N[C@@H](C)C(=O)N2C[C@H]3C[C@H]3[C@H]2C(N)=O)NC1=O. The Balaban J connectivity index is 1.16. The molecule has 4 aromatic carbocycles. The quantitative estimate of drug-likeness (QED) is 0.0909. The first-order chi connectivity index (χ1) is 31.9. The predicted octanol–water partition coefficient (Wildman–Crippen LogP) is 2.89. The maximum absolute atomic E-state index is 14.6. The second-order valence-corrected chi connectivity index (χ2v) is 18.0. The van der Waals surface area contributed by atoms with Crippen molar-refractivity contribution in [3.8, 4) is 33.8 Å². The van der Waals surface area contributed by atoms with E-state index in [1.807, 2.05) is 12.1 Å². The third-order valence-corrected chi connectivity index (χ3v) is 13.1. The lowest BCUT2D eigenvalue weighted by molar-refractivity contribution is -0.142. The Labute approximate surface area is 392 Å². The van der Waals surface area contributed by atoms with Crippen LogP contribution in [0, 0.1) is 11.8 Å². The molecule has 8 atom stereocenters. The topological polar surface area (TPSA) is 267 Å². The molecule has 10 N–H and O–H groups in total. The van der Waals surface area contributed by atoms with Gasteiger partial charge < -0.3 is 52.7 Å². The number of benzene rings is 4. The highest BCUT2D eigenvalue weighted by molar-refractivity contribution is 6.30. The van der Waals surface area contributed by atoms with Gasteiger partial charge in [0.1, 0.15) is 47.8 Å². The number of hydrogen-bond acceptors (Lipinski definition) is 10. The Morgan fingerprint density at radius 3 is 2.16 bits per heavy atom. The monoisotopic (exact) mass is 934 g/mol. The zero-order chi connectivity index (χ0) is 48.3. The summed E-state index contributed by atoms with van der Waals surface area (Å²) in [7, 11) is 1.38. The average molecular weight is 935 g/mol. The zero-order valence-corrected chi connectivity index (χ0v) is 38.1. The maximum atomic E-state index is 14.6. The molecule has 4 aromatic rings. The normalized spacial score (nSPS) is 21.9. The summed E-state index contributed by atoms with van der Waals surface area (Å²) in [6, 6.07) is 15.6. The van der Waals surface area contributed by atoms with Gasteiger partial charge >= 0.3 is 0 Å². The molecule has 352 valence electrons. The molecule has 18 heteroatoms. The number of hydrogen-bond donors (Lipinski definition) is 8. The van der Waals surface area contributed by atoms with Gasteiger partial charge in [-0.1, -0.05) is 48.0 Å². The summed E-state index contributed by atoms with van der Waals surface area (Å²) in [6.07, 6.45) is 1.82. The van der Waals surface area contributed by atoms with Crippen molar-refractivity contribution in [2.45, 2.75) is 82.2 Å². The van der Waals surface area contributed by atoms with Crippen molar-refractivity contribution in [2.24, 2.45) is 23.3 Å². The Bertz CT molecular complexity index is 2570. The van der Waals surface area contributed by atoms with Crippen LogP contribution in [-0.2, 0) is 35.2 Å². The molecule has 0 unspecified atom stereocenters. The van der Waals surface area contributed by atoms with Crippen LogP contribution in [0.3, 0.4) is 0 Å². The van der Waals surface area contributed by atoms with Gasteiger partial charge in [0.05, 0.1) is 0 Å². The van der Waals surface area contributed by atoms with Gasteiger partial charge in [0, 0.05) is 41.7 Å². The Kier molecular flexibility index (Phi) is 14.5. The summed E-state index contributed by atoms with van der Waals surface area (Å²) in [4.78, 5) is 99.2. The number of piperidine rings is 1. The fourth-order valence-electron chi connectivity index (χ4n) is 9.02. The summed E-state index contributed by atoms with van der Waals surface area (Å²) in [5, 5.41) is 33.8. The fourth-order valence-corrected chi connectivity index (χ4v) is 9.14. The summed E-state index contributed by atoms with van der Waals surface area (Å²) >= 11 is 6.05. The zero-order valence-electron chi connectivity index (χ0n) is 37.3. The highest BCUT2D eigenvalue weighted by Crippen LogP contribution is 2.49. The molecule has 3 aliphatic rings. The van der Waals surface area contributed by atoms with E-state index in [9.17, 15) is 43.8 Å². The smallest absolute Gasteiger partial charge is 0.251 e. The van der Waals surface area contributed by atoms with E-state index in [4.69, 9.17) is 23.1 Å². The van der Waals surface area contributed by atoms with E-state index in [0.29, 0.717) is 36.5 Å². The predicted molar refractivity (Wildman–Crippen MR) is 249 cm³/mol. The second kappa shape index (κ2) is 20.3. The van der Waals surface area contributed by atoms with Crippen molar-refractivity contribution in [1.29, 1.82) is 0 Å². The first-order valence-corrected chi connectivity index (χ1v) is 22.6. The number of aromatic hydroxyl groups is 2. The molecule has 4 bridgehead atoms. The number of nitrogens with two attached hydrogens (primary N) is 2. The lowest BCUT2D eigenvalue weighted by Crippen LogP contribution is -2.58. The number of likely N-dealkylation sites (tertiary alicyclic amines) is 1. The molecule has 7 amide bonds. The summed E-state index contributed by atoms with van der Waals surface area (Å²) in [6.45, 7) is 3.54. The fraction of sp³-hybridized carbons (Fsp3) is 0.367. The van der Waals surface area contributed by atoms with Gasteiger partial charge in [-0.2, -0.15) is 0 Å². The van der Waals surface area contributed by atoms with Crippen LogP contribution in [-0.4, -0.2) is 112 Å². The molecule has 0 radical (unpaired) electrons. The number of carbonyl (C=O) groups is 7. The lowest BCUT2D eigenvalue weighted by atomic mass is 9.93. The first-order valence-electron chi connectivity index (χ1n) is 22.2. The summed E-state index contributed by atoms with van der Waals surface area (Å²) in [5.74, 6) is -5.03.